The van der Waals surface area contributed by atoms with E-state index in [4.69, 9.17) is 37.1 Å². The lowest BCUT2D eigenvalue weighted by atomic mass is 9.88. The topological polar surface area (TPSA) is 263 Å². The number of nitrogens with one attached hydrogen (secondary N) is 1. The van der Waals surface area contributed by atoms with Crippen molar-refractivity contribution >= 4 is 76.1 Å². The summed E-state index contributed by atoms with van der Waals surface area (Å²) in [7, 11) is 0. The first-order valence-corrected chi connectivity index (χ1v) is 14.8. The average Bonchev–Trinajstić information content (AvgIpc) is 3.53. The number of aromatic amines is 1. The first-order valence-electron chi connectivity index (χ1n) is 14.0. The van der Waals surface area contributed by atoms with Gasteiger partial charge in [-0.05, 0) is 18.2 Å². The van der Waals surface area contributed by atoms with Crippen molar-refractivity contribution in [3.63, 3.8) is 0 Å². The third-order valence-electron chi connectivity index (χ3n) is 7.44. The van der Waals surface area contributed by atoms with Crippen LogP contribution in [0.1, 0.15) is 21.5 Å². The second-order valence-electron chi connectivity index (χ2n) is 10.6. The molecule has 5 rings (SSSR count). The highest BCUT2D eigenvalue weighted by molar-refractivity contribution is 6.33. The number of hydrogen-bond acceptors (Lipinski definition) is 14. The molecular formula is C30H23Cl2N5O13. The molecule has 0 bridgehead atoms. The molecule has 0 radical (unpaired) electrons. The number of phenols is 1. The number of fused-ring (bicyclic) bond motifs is 3. The Morgan fingerprint density at radius 3 is 2.14 bits per heavy atom. The normalized spacial score (nSPS) is 11.4. The van der Waals surface area contributed by atoms with Crippen molar-refractivity contribution in [1.82, 2.24) is 25.2 Å². The van der Waals surface area contributed by atoms with Crippen molar-refractivity contribution in [3.8, 4) is 28.2 Å². The SMILES string of the molecule is O=COCN(COC=O)Cc1c2oc3c(CN(CC(=O)O)CC(=O)O)c(O)c(Cl)cc3c(-c3ccc4[nH]nnc4c3C(=O)O)c-2cc(Cl)c1=O. The maximum absolute atomic E-state index is 13.6. The molecule has 0 spiro atoms. The number of nitrogens with zero attached hydrogens (tertiary/aromatic N) is 4. The van der Waals surface area contributed by atoms with Crippen molar-refractivity contribution in [3.05, 3.63) is 61.2 Å². The number of benzene rings is 3. The van der Waals surface area contributed by atoms with Crippen LogP contribution in [0.5, 0.6) is 5.75 Å². The van der Waals surface area contributed by atoms with Crippen LogP contribution in [0.4, 0.5) is 0 Å². The third-order valence-corrected chi connectivity index (χ3v) is 8.01. The molecule has 2 aromatic carbocycles. The van der Waals surface area contributed by atoms with E-state index in [2.05, 4.69) is 15.4 Å². The Bertz CT molecular complexity index is 2170. The number of rotatable bonds is 16. The Kier molecular flexibility index (Phi) is 10.5. The minimum Gasteiger partial charge on any atom is -0.506 e. The molecule has 1 aromatic heterocycles. The Morgan fingerprint density at radius 2 is 1.54 bits per heavy atom. The summed E-state index contributed by atoms with van der Waals surface area (Å²) in [6.07, 6.45) is 0. The number of aromatic carboxylic acids is 1. The van der Waals surface area contributed by atoms with E-state index in [1.54, 1.807) is 0 Å². The zero-order valence-electron chi connectivity index (χ0n) is 25.2. The largest absolute Gasteiger partial charge is 0.506 e. The van der Waals surface area contributed by atoms with Crippen molar-refractivity contribution in [2.75, 3.05) is 26.6 Å². The van der Waals surface area contributed by atoms with Gasteiger partial charge in [-0.3, -0.25) is 34.0 Å². The molecule has 3 aromatic rings. The number of aromatic hydroxyl groups is 1. The number of carbonyl (C=O) groups is 5. The van der Waals surface area contributed by atoms with Crippen LogP contribution in [0.25, 0.3) is 44.5 Å². The molecule has 2 heterocycles. The molecule has 0 atom stereocenters. The molecule has 1 aliphatic carbocycles. The van der Waals surface area contributed by atoms with Crippen LogP contribution >= 0.6 is 23.2 Å². The zero-order valence-corrected chi connectivity index (χ0v) is 26.7. The average molecular weight is 732 g/mol. The predicted molar refractivity (Wildman–Crippen MR) is 171 cm³/mol. The first kappa shape index (κ1) is 35.5. The molecule has 2 aliphatic rings. The smallest absolute Gasteiger partial charge is 0.338 e. The van der Waals surface area contributed by atoms with Crippen LogP contribution in [-0.4, -0.2) is 103 Å². The second kappa shape index (κ2) is 14.7. The van der Waals surface area contributed by atoms with Gasteiger partial charge in [-0.2, -0.15) is 0 Å². The maximum atomic E-state index is 13.6. The van der Waals surface area contributed by atoms with E-state index in [-0.39, 0.29) is 84.1 Å². The molecular weight excluding hydrogens is 709 g/mol. The molecule has 0 saturated carbocycles. The summed E-state index contributed by atoms with van der Waals surface area (Å²) in [4.78, 5) is 73.8. The molecule has 0 fully saturated rings. The number of ether oxygens (including phenoxy) is 2. The van der Waals surface area contributed by atoms with Crippen LogP contribution in [-0.2, 0) is 41.7 Å². The van der Waals surface area contributed by atoms with E-state index in [0.717, 1.165) is 4.90 Å². The fourth-order valence-corrected chi connectivity index (χ4v) is 5.96. The molecule has 5 N–H and O–H groups in total. The summed E-state index contributed by atoms with van der Waals surface area (Å²) in [6, 6.07) is 5.37. The van der Waals surface area contributed by atoms with Crippen molar-refractivity contribution in [2.24, 2.45) is 0 Å². The van der Waals surface area contributed by atoms with Gasteiger partial charge in [0, 0.05) is 35.2 Å². The maximum Gasteiger partial charge on any atom is 0.338 e. The van der Waals surface area contributed by atoms with Gasteiger partial charge in [-0.1, -0.05) is 34.5 Å². The molecule has 18 nitrogen and oxygen atoms in total. The van der Waals surface area contributed by atoms with Gasteiger partial charge in [0.25, 0.3) is 12.9 Å². The molecule has 0 saturated heterocycles. The Balaban J connectivity index is 1.93. The Hall–Kier alpha value is -5.82. The number of H-pyrrole nitrogens is 1. The fraction of sp³-hybridized carbons (Fsp3) is 0.200. The summed E-state index contributed by atoms with van der Waals surface area (Å²) >= 11 is 12.9. The third kappa shape index (κ3) is 6.99. The standard InChI is InChI=1S/C30H23Cl2N5O13/c31-18-3-14-23(13-1-2-20-25(34-35-33-20)24(13)30(46)47)15-4-19(32)27(45)17(6-37(9-48-11-38)10-49-12-39)29(15)50-28(14)16(26(18)44)5-36(7-21(40)41)8-22(42)43/h1-4,11-12,44H,5-10H2,(H,40,41)(H,42,43)(H,46,47)(H,33,34,35). The first-order chi connectivity index (χ1) is 23.9. The van der Waals surface area contributed by atoms with Gasteiger partial charge in [0.1, 0.15) is 36.1 Å². The monoisotopic (exact) mass is 731 g/mol. The minimum atomic E-state index is -1.43. The summed E-state index contributed by atoms with van der Waals surface area (Å²) < 4.78 is 15.9. The van der Waals surface area contributed by atoms with Crippen molar-refractivity contribution < 1.29 is 58.3 Å². The number of aliphatic carboxylic acids is 2. The van der Waals surface area contributed by atoms with E-state index >= 15 is 0 Å². The summed E-state index contributed by atoms with van der Waals surface area (Å²) in [5, 5.41) is 50.1. The highest BCUT2D eigenvalue weighted by Gasteiger charge is 2.31. The van der Waals surface area contributed by atoms with Gasteiger partial charge < -0.3 is 34.3 Å². The summed E-state index contributed by atoms with van der Waals surface area (Å²) in [5.74, 6) is -5.08. The van der Waals surface area contributed by atoms with Crippen LogP contribution in [0.15, 0.2) is 33.5 Å². The summed E-state index contributed by atoms with van der Waals surface area (Å²) in [5.41, 5.74) is -1.48. The quantitative estimate of drug-likeness (QED) is 0.0554. The second-order valence-corrected chi connectivity index (χ2v) is 11.4. The number of aromatic nitrogens is 3. The van der Waals surface area contributed by atoms with Crippen molar-refractivity contribution in [1.29, 1.82) is 0 Å². The lowest BCUT2D eigenvalue weighted by molar-refractivity contribution is -0.143. The molecule has 50 heavy (non-hydrogen) atoms. The molecule has 20 heteroatoms. The predicted octanol–water partition coefficient (Wildman–Crippen LogP) is 2.58. The van der Waals surface area contributed by atoms with Gasteiger partial charge in [0.2, 0.25) is 5.43 Å². The lowest BCUT2D eigenvalue weighted by Gasteiger charge is -2.25. The van der Waals surface area contributed by atoms with E-state index in [1.807, 2.05) is 0 Å². The van der Waals surface area contributed by atoms with Gasteiger partial charge in [0.05, 0.1) is 45.3 Å². The number of halogens is 2. The van der Waals surface area contributed by atoms with Crippen LogP contribution < -0.4 is 5.43 Å². The number of carbonyl (C=O) groups excluding carboxylic acids is 2. The Labute approximate surface area is 288 Å². The van der Waals surface area contributed by atoms with E-state index in [9.17, 15) is 49.2 Å². The fourth-order valence-electron chi connectivity index (χ4n) is 5.51. The van der Waals surface area contributed by atoms with E-state index < -0.39 is 68.7 Å². The highest BCUT2D eigenvalue weighted by atomic mass is 35.5. The van der Waals surface area contributed by atoms with Crippen LogP contribution in [0.2, 0.25) is 10.0 Å². The van der Waals surface area contributed by atoms with E-state index in [1.165, 1.54) is 29.2 Å². The van der Waals surface area contributed by atoms with Crippen molar-refractivity contribution in [2.45, 2.75) is 13.1 Å². The molecule has 260 valence electrons. The van der Waals surface area contributed by atoms with Gasteiger partial charge >= 0.3 is 17.9 Å². The number of phenolic OH excluding ortho intramolecular Hbond substituents is 1. The van der Waals surface area contributed by atoms with Crippen LogP contribution in [0.3, 0.4) is 0 Å². The number of hydrogen-bond donors (Lipinski definition) is 5. The summed E-state index contributed by atoms with van der Waals surface area (Å²) in [6.45, 7) is -3.30. The molecule has 0 unspecified atom stereocenters. The number of carboxylic acid groups (broad SMARTS) is 3. The molecule has 1 aliphatic heterocycles. The molecule has 0 amide bonds. The minimum absolute atomic E-state index is 0.00330. The lowest BCUT2D eigenvalue weighted by Crippen LogP contribution is -2.34. The van der Waals surface area contributed by atoms with E-state index in [0.29, 0.717) is 0 Å². The zero-order chi connectivity index (χ0) is 36.3. The highest BCUT2D eigenvalue weighted by Crippen LogP contribution is 2.48. The van der Waals surface area contributed by atoms with Gasteiger partial charge in [0.15, 0.2) is 0 Å². The van der Waals surface area contributed by atoms with Crippen LogP contribution in [0, 0.1) is 0 Å². The number of carboxylic acids is 3. The van der Waals surface area contributed by atoms with Gasteiger partial charge in [-0.25, -0.2) is 9.69 Å². The van der Waals surface area contributed by atoms with Gasteiger partial charge in [-0.15, -0.1) is 5.10 Å². The Morgan fingerprint density at radius 1 is 0.900 bits per heavy atom.